The largest absolute Gasteiger partial charge is 0.456 e. The number of nitrogens with zero attached hydrogens (tertiary/aromatic N) is 1. The van der Waals surface area contributed by atoms with E-state index in [2.05, 4.69) is 181 Å². The van der Waals surface area contributed by atoms with Crippen LogP contribution in [0.3, 0.4) is 0 Å². The molecule has 0 amide bonds. The van der Waals surface area contributed by atoms with E-state index in [1.807, 2.05) is 12.1 Å². The van der Waals surface area contributed by atoms with E-state index >= 15 is 0 Å². The van der Waals surface area contributed by atoms with Crippen molar-refractivity contribution in [3.8, 4) is 22.3 Å². The fraction of sp³-hybridized carbons (Fsp3) is 0. The molecule has 9 aromatic carbocycles. The summed E-state index contributed by atoms with van der Waals surface area (Å²) in [5, 5.41) is 9.89. The molecule has 0 bridgehead atoms. The van der Waals surface area contributed by atoms with Crippen molar-refractivity contribution < 1.29 is 4.42 Å². The normalized spacial score (nSPS) is 11.6. The summed E-state index contributed by atoms with van der Waals surface area (Å²) >= 11 is 0. The Bertz CT molecular complexity index is 2850. The van der Waals surface area contributed by atoms with Gasteiger partial charge in [0.1, 0.15) is 11.2 Å². The fourth-order valence-electron chi connectivity index (χ4n) is 7.53. The van der Waals surface area contributed by atoms with Crippen LogP contribution in [0.15, 0.2) is 192 Å². The molecule has 0 aliphatic rings. The van der Waals surface area contributed by atoms with E-state index in [1.165, 1.54) is 54.6 Å². The molecule has 0 fully saturated rings. The number of rotatable bonds is 5. The molecule has 0 radical (unpaired) electrons. The standard InChI is InChI=1S/C48H31NO/c1-2-8-32(9-3-1)33-16-22-38(23-17-33)49(40-26-29-48-46(31-40)44-12-6-7-13-47(44)50-48)39-24-18-34(19-25-39)37-15-14-36-21-27-42-41-11-5-4-10-35(41)20-28-43(42)45(36)30-37/h1-31H. The van der Waals surface area contributed by atoms with Crippen LogP contribution in [0.1, 0.15) is 0 Å². The van der Waals surface area contributed by atoms with E-state index in [4.69, 9.17) is 4.42 Å². The van der Waals surface area contributed by atoms with Crippen LogP contribution in [0.25, 0.3) is 76.5 Å². The third-order valence-corrected chi connectivity index (χ3v) is 10.1. The molecule has 0 saturated heterocycles. The molecule has 50 heavy (non-hydrogen) atoms. The first-order valence-corrected chi connectivity index (χ1v) is 17.1. The first-order chi connectivity index (χ1) is 24.8. The highest BCUT2D eigenvalue weighted by atomic mass is 16.3. The summed E-state index contributed by atoms with van der Waals surface area (Å²) in [5.74, 6) is 0. The molecule has 0 aliphatic carbocycles. The lowest BCUT2D eigenvalue weighted by Gasteiger charge is -2.26. The second kappa shape index (κ2) is 11.5. The third-order valence-electron chi connectivity index (χ3n) is 10.1. The number of hydrogen-bond acceptors (Lipinski definition) is 2. The van der Waals surface area contributed by atoms with Crippen LogP contribution < -0.4 is 4.90 Å². The Morgan fingerprint density at radius 3 is 1.56 bits per heavy atom. The average molecular weight is 638 g/mol. The van der Waals surface area contributed by atoms with Crippen molar-refractivity contribution in [1.29, 1.82) is 0 Å². The lowest BCUT2D eigenvalue weighted by atomic mass is 9.94. The predicted octanol–water partition coefficient (Wildman–Crippen LogP) is 13.8. The fourth-order valence-corrected chi connectivity index (χ4v) is 7.53. The lowest BCUT2D eigenvalue weighted by Crippen LogP contribution is -2.09. The van der Waals surface area contributed by atoms with Gasteiger partial charge in [-0.1, -0.05) is 133 Å². The van der Waals surface area contributed by atoms with Gasteiger partial charge in [0.2, 0.25) is 0 Å². The number of benzene rings is 9. The number of fused-ring (bicyclic) bond motifs is 8. The summed E-state index contributed by atoms with van der Waals surface area (Å²) in [7, 11) is 0. The molecule has 0 spiro atoms. The van der Waals surface area contributed by atoms with Gasteiger partial charge in [0.25, 0.3) is 0 Å². The zero-order valence-corrected chi connectivity index (χ0v) is 27.3. The van der Waals surface area contributed by atoms with Gasteiger partial charge in [-0.3, -0.25) is 0 Å². The molecule has 0 unspecified atom stereocenters. The van der Waals surface area contributed by atoms with Crippen LogP contribution >= 0.6 is 0 Å². The summed E-state index contributed by atoms with van der Waals surface area (Å²) in [6.07, 6.45) is 0. The van der Waals surface area contributed by atoms with Gasteiger partial charge < -0.3 is 9.32 Å². The number of para-hydroxylation sites is 1. The Morgan fingerprint density at radius 1 is 0.280 bits per heavy atom. The van der Waals surface area contributed by atoms with E-state index in [0.717, 1.165) is 39.0 Å². The molecular weight excluding hydrogens is 607 g/mol. The maximum Gasteiger partial charge on any atom is 0.135 e. The zero-order chi connectivity index (χ0) is 33.0. The molecule has 234 valence electrons. The topological polar surface area (TPSA) is 16.4 Å². The van der Waals surface area contributed by atoms with Gasteiger partial charge in [-0.2, -0.15) is 0 Å². The quantitative estimate of drug-likeness (QED) is 0.175. The van der Waals surface area contributed by atoms with E-state index in [-0.39, 0.29) is 0 Å². The number of furan rings is 1. The zero-order valence-electron chi connectivity index (χ0n) is 27.3. The second-order valence-corrected chi connectivity index (χ2v) is 13.0. The molecule has 2 heteroatoms. The molecule has 10 rings (SSSR count). The Kier molecular flexibility index (Phi) is 6.53. The van der Waals surface area contributed by atoms with E-state index in [1.54, 1.807) is 0 Å². The molecule has 0 N–H and O–H groups in total. The molecule has 1 aromatic heterocycles. The highest BCUT2D eigenvalue weighted by molar-refractivity contribution is 6.17. The van der Waals surface area contributed by atoms with Gasteiger partial charge in [-0.25, -0.2) is 0 Å². The molecule has 0 atom stereocenters. The molecular formula is C48H31NO. The van der Waals surface area contributed by atoms with Crippen LogP contribution in [-0.2, 0) is 0 Å². The van der Waals surface area contributed by atoms with Crippen LogP contribution in [-0.4, -0.2) is 0 Å². The highest BCUT2D eigenvalue weighted by Crippen LogP contribution is 2.40. The lowest BCUT2D eigenvalue weighted by molar-refractivity contribution is 0.669. The van der Waals surface area contributed by atoms with Crippen LogP contribution in [0.5, 0.6) is 0 Å². The van der Waals surface area contributed by atoms with E-state index in [9.17, 15) is 0 Å². The van der Waals surface area contributed by atoms with Crippen molar-refractivity contribution >= 4 is 71.3 Å². The van der Waals surface area contributed by atoms with Gasteiger partial charge in [-0.15, -0.1) is 0 Å². The number of hydrogen-bond donors (Lipinski definition) is 0. The summed E-state index contributed by atoms with van der Waals surface area (Å²) in [6.45, 7) is 0. The second-order valence-electron chi connectivity index (χ2n) is 13.0. The summed E-state index contributed by atoms with van der Waals surface area (Å²) in [5.41, 5.74) is 9.84. The maximum atomic E-state index is 6.19. The van der Waals surface area contributed by atoms with Crippen LogP contribution in [0.4, 0.5) is 17.1 Å². The first kappa shape index (κ1) is 28.4. The molecule has 1 heterocycles. The highest BCUT2D eigenvalue weighted by Gasteiger charge is 2.16. The molecule has 0 aliphatic heterocycles. The van der Waals surface area contributed by atoms with Crippen molar-refractivity contribution in [3.05, 3.63) is 188 Å². The smallest absolute Gasteiger partial charge is 0.135 e. The van der Waals surface area contributed by atoms with Crippen molar-refractivity contribution in [1.82, 2.24) is 0 Å². The SMILES string of the molecule is c1ccc(-c2ccc(N(c3ccc(-c4ccc5ccc6c7ccccc7ccc6c5c4)cc3)c3ccc4oc5ccccc5c4c3)cc2)cc1. The Labute approximate surface area is 290 Å². The maximum absolute atomic E-state index is 6.19. The van der Waals surface area contributed by atoms with Gasteiger partial charge >= 0.3 is 0 Å². The Morgan fingerprint density at radius 2 is 0.800 bits per heavy atom. The average Bonchev–Trinajstić information content (AvgIpc) is 3.56. The van der Waals surface area contributed by atoms with Crippen molar-refractivity contribution in [3.63, 3.8) is 0 Å². The first-order valence-electron chi connectivity index (χ1n) is 17.1. The summed E-state index contributed by atoms with van der Waals surface area (Å²) in [6, 6.07) is 67.6. The van der Waals surface area contributed by atoms with Crippen LogP contribution in [0, 0.1) is 0 Å². The Balaban J connectivity index is 1.08. The van der Waals surface area contributed by atoms with Crippen molar-refractivity contribution in [2.24, 2.45) is 0 Å². The molecule has 0 saturated carbocycles. The molecule has 2 nitrogen and oxygen atoms in total. The van der Waals surface area contributed by atoms with Gasteiger partial charge in [0.15, 0.2) is 0 Å². The number of anilines is 3. The van der Waals surface area contributed by atoms with Crippen molar-refractivity contribution in [2.75, 3.05) is 4.90 Å². The molecule has 10 aromatic rings. The minimum Gasteiger partial charge on any atom is -0.456 e. The predicted molar refractivity (Wildman–Crippen MR) is 212 cm³/mol. The summed E-state index contributed by atoms with van der Waals surface area (Å²) < 4.78 is 6.19. The Hall–Kier alpha value is -6.64. The van der Waals surface area contributed by atoms with Crippen LogP contribution in [0.2, 0.25) is 0 Å². The summed E-state index contributed by atoms with van der Waals surface area (Å²) in [4.78, 5) is 2.33. The van der Waals surface area contributed by atoms with Gasteiger partial charge in [-0.05, 0) is 109 Å². The van der Waals surface area contributed by atoms with Gasteiger partial charge in [0.05, 0.1) is 0 Å². The minimum absolute atomic E-state index is 0.890. The van der Waals surface area contributed by atoms with Crippen molar-refractivity contribution in [2.45, 2.75) is 0 Å². The monoisotopic (exact) mass is 637 g/mol. The van der Waals surface area contributed by atoms with Gasteiger partial charge in [0, 0.05) is 27.8 Å². The van der Waals surface area contributed by atoms with E-state index in [0.29, 0.717) is 0 Å². The third kappa shape index (κ3) is 4.73. The van der Waals surface area contributed by atoms with E-state index < -0.39 is 0 Å². The minimum atomic E-state index is 0.890.